The van der Waals surface area contributed by atoms with Gasteiger partial charge in [0.05, 0.1) is 11.4 Å². The summed E-state index contributed by atoms with van der Waals surface area (Å²) in [5, 5.41) is 0. The third-order valence-corrected chi connectivity index (χ3v) is 3.77. The van der Waals surface area contributed by atoms with Crippen LogP contribution in [0.15, 0.2) is 53.5 Å². The number of para-hydroxylation sites is 1. The normalized spacial score (nSPS) is 17.8. The molecule has 0 aromatic heterocycles. The Balaban J connectivity index is 2.28. The number of fused-ring (bicyclic) bond motifs is 1. The van der Waals surface area contributed by atoms with Gasteiger partial charge in [0.2, 0.25) is 0 Å². The quantitative estimate of drug-likeness (QED) is 0.921. The van der Waals surface area contributed by atoms with Crippen molar-refractivity contribution in [1.29, 1.82) is 0 Å². The van der Waals surface area contributed by atoms with Gasteiger partial charge in [-0.05, 0) is 18.2 Å². The molecule has 4 nitrogen and oxygen atoms in total. The lowest BCUT2D eigenvalue weighted by Gasteiger charge is -2.19. The average Bonchev–Trinajstić information content (AvgIpc) is 2.65. The van der Waals surface area contributed by atoms with E-state index in [-0.39, 0.29) is 18.3 Å². The summed E-state index contributed by atoms with van der Waals surface area (Å²) in [6, 6.07) is 13.0. The number of amides is 1. The second kappa shape index (κ2) is 5.69. The summed E-state index contributed by atoms with van der Waals surface area (Å²) < 4.78 is 14.2. The number of carbonyl (C=O) groups is 1. The summed E-state index contributed by atoms with van der Waals surface area (Å²) in [7, 11) is 1.68. The summed E-state index contributed by atoms with van der Waals surface area (Å²) >= 11 is 0. The first-order chi connectivity index (χ1) is 10.6. The Morgan fingerprint density at radius 2 is 1.77 bits per heavy atom. The van der Waals surface area contributed by atoms with Crippen molar-refractivity contribution in [3.05, 3.63) is 65.5 Å². The number of hydrogen-bond acceptors (Lipinski definition) is 3. The van der Waals surface area contributed by atoms with E-state index in [2.05, 4.69) is 4.99 Å². The number of nitrogens with zero attached hydrogens (tertiary/aromatic N) is 2. The first-order valence-electron chi connectivity index (χ1n) is 7.03. The molecule has 1 amide bonds. The van der Waals surface area contributed by atoms with Crippen LogP contribution >= 0.6 is 0 Å². The van der Waals surface area contributed by atoms with Crippen molar-refractivity contribution in [3.63, 3.8) is 0 Å². The number of hydrogen-bond donors (Lipinski definition) is 1. The zero-order chi connectivity index (χ0) is 15.7. The van der Waals surface area contributed by atoms with Crippen LogP contribution in [0.3, 0.4) is 0 Å². The van der Waals surface area contributed by atoms with Crippen molar-refractivity contribution in [2.24, 2.45) is 10.7 Å². The maximum absolute atomic E-state index is 14.2. The molecule has 2 aromatic carbocycles. The minimum atomic E-state index is -0.716. The average molecular weight is 297 g/mol. The molecule has 0 saturated heterocycles. The molecule has 112 valence electrons. The fourth-order valence-corrected chi connectivity index (χ4v) is 2.61. The van der Waals surface area contributed by atoms with Crippen molar-refractivity contribution in [2.45, 2.75) is 6.04 Å². The molecule has 1 aliphatic heterocycles. The Morgan fingerprint density at radius 3 is 2.45 bits per heavy atom. The highest BCUT2D eigenvalue weighted by Gasteiger charge is 2.29. The summed E-state index contributed by atoms with van der Waals surface area (Å²) in [4.78, 5) is 18.4. The number of benzene rings is 2. The molecule has 0 bridgehead atoms. The molecule has 0 radical (unpaired) electrons. The zero-order valence-corrected chi connectivity index (χ0v) is 12.2. The van der Waals surface area contributed by atoms with Gasteiger partial charge in [-0.1, -0.05) is 30.3 Å². The van der Waals surface area contributed by atoms with Crippen molar-refractivity contribution < 1.29 is 9.18 Å². The smallest absolute Gasteiger partial charge is 0.252 e. The summed E-state index contributed by atoms with van der Waals surface area (Å²) in [5.74, 6) is -0.565. The molecule has 1 aliphatic rings. The minimum absolute atomic E-state index is 0.0785. The molecule has 2 N–H and O–H groups in total. The molecule has 1 atom stereocenters. The van der Waals surface area contributed by atoms with Gasteiger partial charge >= 0.3 is 0 Å². The van der Waals surface area contributed by atoms with Crippen LogP contribution in [0.5, 0.6) is 0 Å². The molecule has 0 aliphatic carbocycles. The van der Waals surface area contributed by atoms with Crippen molar-refractivity contribution >= 4 is 17.3 Å². The van der Waals surface area contributed by atoms with Gasteiger partial charge in [-0.25, -0.2) is 4.39 Å². The Hall–Kier alpha value is -2.53. The molecule has 5 heteroatoms. The minimum Gasteiger partial charge on any atom is -0.328 e. The monoisotopic (exact) mass is 297 g/mol. The van der Waals surface area contributed by atoms with Gasteiger partial charge in [0.1, 0.15) is 11.9 Å². The summed E-state index contributed by atoms with van der Waals surface area (Å²) in [6.45, 7) is 0.0785. The summed E-state index contributed by atoms with van der Waals surface area (Å²) in [5.41, 5.74) is 7.94. The molecule has 0 unspecified atom stereocenters. The lowest BCUT2D eigenvalue weighted by atomic mass is 10.00. The molecule has 1 heterocycles. The standard InChI is InChI=1S/C17H16FN3O/c1-21-15-9-5-3-7-12(15)16(20-14(10-19)17(21)22)11-6-2-4-8-13(11)18/h2-9,14H,10,19H2,1H3/t14-/m0/s1. The lowest BCUT2D eigenvalue weighted by molar-refractivity contribution is -0.119. The maximum atomic E-state index is 14.2. The number of aliphatic imine (C=N–C) groups is 1. The Bertz CT molecular complexity index is 757. The van der Waals surface area contributed by atoms with Gasteiger partial charge in [0, 0.05) is 24.7 Å². The van der Waals surface area contributed by atoms with E-state index in [0.717, 1.165) is 5.56 Å². The first kappa shape index (κ1) is 14.4. The second-order valence-electron chi connectivity index (χ2n) is 5.12. The fraction of sp³-hybridized carbons (Fsp3) is 0.176. The van der Waals surface area contributed by atoms with E-state index in [1.54, 1.807) is 25.2 Å². The van der Waals surface area contributed by atoms with Gasteiger partial charge in [-0.2, -0.15) is 0 Å². The van der Waals surface area contributed by atoms with Gasteiger partial charge in [0.25, 0.3) is 5.91 Å². The van der Waals surface area contributed by atoms with E-state index in [9.17, 15) is 9.18 Å². The molecular formula is C17H16FN3O. The third kappa shape index (κ3) is 2.29. The van der Waals surface area contributed by atoms with E-state index in [1.165, 1.54) is 11.0 Å². The highest BCUT2D eigenvalue weighted by Crippen LogP contribution is 2.28. The largest absolute Gasteiger partial charge is 0.328 e. The summed E-state index contributed by atoms with van der Waals surface area (Å²) in [6.07, 6.45) is 0. The second-order valence-corrected chi connectivity index (χ2v) is 5.12. The van der Waals surface area contributed by atoms with Crippen LogP contribution in [0.2, 0.25) is 0 Å². The number of carbonyl (C=O) groups excluding carboxylic acids is 1. The van der Waals surface area contributed by atoms with E-state index in [0.29, 0.717) is 17.0 Å². The van der Waals surface area contributed by atoms with Crippen LogP contribution in [0, 0.1) is 5.82 Å². The van der Waals surface area contributed by atoms with Crippen LogP contribution in [0.4, 0.5) is 10.1 Å². The van der Waals surface area contributed by atoms with Crippen molar-refractivity contribution in [2.75, 3.05) is 18.5 Å². The van der Waals surface area contributed by atoms with Crippen LogP contribution in [-0.4, -0.2) is 31.3 Å². The number of anilines is 1. The molecular weight excluding hydrogens is 281 g/mol. The first-order valence-corrected chi connectivity index (χ1v) is 7.03. The highest BCUT2D eigenvalue weighted by molar-refractivity contribution is 6.20. The lowest BCUT2D eigenvalue weighted by Crippen LogP contribution is -2.38. The van der Waals surface area contributed by atoms with Crippen LogP contribution < -0.4 is 10.6 Å². The molecule has 0 spiro atoms. The molecule has 22 heavy (non-hydrogen) atoms. The van der Waals surface area contributed by atoms with E-state index < -0.39 is 6.04 Å². The van der Waals surface area contributed by atoms with Crippen molar-refractivity contribution in [3.8, 4) is 0 Å². The Kier molecular flexibility index (Phi) is 3.73. The molecule has 0 fully saturated rings. The van der Waals surface area contributed by atoms with Gasteiger partial charge in [-0.15, -0.1) is 0 Å². The van der Waals surface area contributed by atoms with Gasteiger partial charge in [0.15, 0.2) is 0 Å². The fourth-order valence-electron chi connectivity index (χ4n) is 2.61. The number of nitrogens with two attached hydrogens (primary N) is 1. The highest BCUT2D eigenvalue weighted by atomic mass is 19.1. The number of halogens is 1. The Labute approximate surface area is 128 Å². The van der Waals surface area contributed by atoms with Crippen LogP contribution in [0.1, 0.15) is 11.1 Å². The SMILES string of the molecule is CN1C(=O)[C@H](CN)N=C(c2ccccc2F)c2ccccc21. The molecule has 0 saturated carbocycles. The molecule has 2 aromatic rings. The third-order valence-electron chi connectivity index (χ3n) is 3.77. The van der Waals surface area contributed by atoms with E-state index >= 15 is 0 Å². The van der Waals surface area contributed by atoms with Crippen molar-refractivity contribution in [1.82, 2.24) is 0 Å². The van der Waals surface area contributed by atoms with Gasteiger partial charge < -0.3 is 10.6 Å². The number of rotatable bonds is 2. The topological polar surface area (TPSA) is 58.7 Å². The number of likely N-dealkylation sites (N-methyl/N-ethyl adjacent to an activating group) is 1. The maximum Gasteiger partial charge on any atom is 0.252 e. The van der Waals surface area contributed by atoms with Gasteiger partial charge in [-0.3, -0.25) is 9.79 Å². The predicted molar refractivity (Wildman–Crippen MR) is 84.7 cm³/mol. The Morgan fingerprint density at radius 1 is 1.14 bits per heavy atom. The molecule has 3 rings (SSSR count). The predicted octanol–water partition coefficient (Wildman–Crippen LogP) is 1.97. The van der Waals surface area contributed by atoms with E-state index in [4.69, 9.17) is 5.73 Å². The van der Waals surface area contributed by atoms with Crippen LogP contribution in [0.25, 0.3) is 0 Å². The number of benzodiazepines with no additional fused rings is 1. The van der Waals surface area contributed by atoms with E-state index in [1.807, 2.05) is 24.3 Å². The van der Waals surface area contributed by atoms with Crippen LogP contribution in [-0.2, 0) is 4.79 Å². The zero-order valence-electron chi connectivity index (χ0n) is 12.2.